The van der Waals surface area contributed by atoms with Gasteiger partial charge >= 0.3 is 0 Å². The molecule has 0 aliphatic rings. The van der Waals surface area contributed by atoms with Crippen molar-refractivity contribution >= 4 is 22.4 Å². The van der Waals surface area contributed by atoms with Gasteiger partial charge in [0.25, 0.3) is 0 Å². The van der Waals surface area contributed by atoms with E-state index in [0.29, 0.717) is 13.0 Å². The number of hydrogen-bond donors (Lipinski definition) is 2. The number of para-hydroxylation sites is 1. The van der Waals surface area contributed by atoms with E-state index >= 15 is 0 Å². The Bertz CT molecular complexity index is 856. The van der Waals surface area contributed by atoms with Crippen LogP contribution in [0.25, 0.3) is 10.8 Å². The average Bonchev–Trinajstić information content (AvgIpc) is 2.62. The molecular weight excluding hydrogens is 308 g/mol. The SMILES string of the molecule is CC(C)(NCCC(=O)Nc1ccccc1)c1ccc2ccccc2c1. The monoisotopic (exact) mass is 332 g/mol. The molecule has 3 rings (SSSR count). The van der Waals surface area contributed by atoms with Crippen molar-refractivity contribution in [2.45, 2.75) is 25.8 Å². The Kier molecular flexibility index (Phi) is 5.15. The van der Waals surface area contributed by atoms with Crippen LogP contribution in [0.2, 0.25) is 0 Å². The Morgan fingerprint density at radius 2 is 1.56 bits per heavy atom. The average molecular weight is 332 g/mol. The zero-order valence-corrected chi connectivity index (χ0v) is 14.8. The Morgan fingerprint density at radius 3 is 2.32 bits per heavy atom. The highest BCUT2D eigenvalue weighted by Gasteiger charge is 2.20. The Morgan fingerprint density at radius 1 is 0.880 bits per heavy atom. The molecule has 0 aliphatic heterocycles. The van der Waals surface area contributed by atoms with Crippen molar-refractivity contribution in [3.63, 3.8) is 0 Å². The third-order valence-electron chi connectivity index (χ3n) is 4.45. The van der Waals surface area contributed by atoms with Crippen LogP contribution >= 0.6 is 0 Å². The second-order valence-corrected chi connectivity index (χ2v) is 6.78. The molecular formula is C22H24N2O. The van der Waals surface area contributed by atoms with Crippen LogP contribution in [0.5, 0.6) is 0 Å². The fourth-order valence-electron chi connectivity index (χ4n) is 2.91. The summed E-state index contributed by atoms with van der Waals surface area (Å²) in [4.78, 5) is 12.1. The number of carbonyl (C=O) groups is 1. The topological polar surface area (TPSA) is 41.1 Å². The van der Waals surface area contributed by atoms with E-state index < -0.39 is 0 Å². The summed E-state index contributed by atoms with van der Waals surface area (Å²) >= 11 is 0. The molecule has 0 fully saturated rings. The van der Waals surface area contributed by atoms with Crippen molar-refractivity contribution in [2.75, 3.05) is 11.9 Å². The standard InChI is InChI=1S/C22H24N2O/c1-22(2,19-13-12-17-8-6-7-9-18(17)16-19)23-15-14-21(25)24-20-10-4-3-5-11-20/h3-13,16,23H,14-15H2,1-2H3,(H,24,25). The smallest absolute Gasteiger partial charge is 0.225 e. The lowest BCUT2D eigenvalue weighted by Crippen LogP contribution is -2.38. The highest BCUT2D eigenvalue weighted by Crippen LogP contribution is 2.24. The minimum absolute atomic E-state index is 0.0213. The molecule has 0 saturated heterocycles. The minimum Gasteiger partial charge on any atom is -0.326 e. The predicted molar refractivity (Wildman–Crippen MR) is 105 cm³/mol. The highest BCUT2D eigenvalue weighted by atomic mass is 16.1. The highest BCUT2D eigenvalue weighted by molar-refractivity contribution is 5.90. The van der Waals surface area contributed by atoms with Crippen LogP contribution in [-0.2, 0) is 10.3 Å². The number of benzene rings is 3. The first-order valence-corrected chi connectivity index (χ1v) is 8.64. The van der Waals surface area contributed by atoms with Crippen molar-refractivity contribution in [1.82, 2.24) is 5.32 Å². The summed E-state index contributed by atoms with van der Waals surface area (Å²) in [7, 11) is 0. The van der Waals surface area contributed by atoms with Gasteiger partial charge in [-0.1, -0.05) is 54.6 Å². The zero-order valence-electron chi connectivity index (χ0n) is 14.8. The first-order valence-electron chi connectivity index (χ1n) is 8.64. The van der Waals surface area contributed by atoms with Crippen LogP contribution in [0.3, 0.4) is 0 Å². The number of hydrogen-bond acceptors (Lipinski definition) is 2. The first-order chi connectivity index (χ1) is 12.0. The number of nitrogens with one attached hydrogen (secondary N) is 2. The largest absolute Gasteiger partial charge is 0.326 e. The molecule has 3 aromatic rings. The summed E-state index contributed by atoms with van der Waals surface area (Å²) in [5, 5.41) is 8.88. The van der Waals surface area contributed by atoms with Crippen LogP contribution in [0.15, 0.2) is 72.8 Å². The molecule has 1 amide bonds. The van der Waals surface area contributed by atoms with Crippen LogP contribution in [0, 0.1) is 0 Å². The lowest BCUT2D eigenvalue weighted by Gasteiger charge is -2.27. The van der Waals surface area contributed by atoms with Crippen molar-refractivity contribution in [3.8, 4) is 0 Å². The molecule has 0 saturated carbocycles. The van der Waals surface area contributed by atoms with Gasteiger partial charge in [-0.2, -0.15) is 0 Å². The zero-order chi connectivity index (χ0) is 17.7. The van der Waals surface area contributed by atoms with E-state index in [1.54, 1.807) is 0 Å². The fourth-order valence-corrected chi connectivity index (χ4v) is 2.91. The predicted octanol–water partition coefficient (Wildman–Crippen LogP) is 4.69. The first kappa shape index (κ1) is 17.2. The quantitative estimate of drug-likeness (QED) is 0.687. The number of amides is 1. The Balaban J connectivity index is 1.58. The van der Waals surface area contributed by atoms with Gasteiger partial charge in [0.2, 0.25) is 5.91 Å². The van der Waals surface area contributed by atoms with Crippen LogP contribution in [-0.4, -0.2) is 12.5 Å². The van der Waals surface area contributed by atoms with E-state index in [4.69, 9.17) is 0 Å². The molecule has 3 heteroatoms. The maximum Gasteiger partial charge on any atom is 0.225 e. The molecule has 0 bridgehead atoms. The summed E-state index contributed by atoms with van der Waals surface area (Å²) in [5.74, 6) is 0.0213. The molecule has 2 N–H and O–H groups in total. The minimum atomic E-state index is -0.197. The van der Waals surface area contributed by atoms with Crippen LogP contribution in [0.4, 0.5) is 5.69 Å². The van der Waals surface area contributed by atoms with Crippen molar-refractivity contribution < 1.29 is 4.79 Å². The molecule has 0 aliphatic carbocycles. The van der Waals surface area contributed by atoms with E-state index in [9.17, 15) is 4.79 Å². The van der Waals surface area contributed by atoms with Gasteiger partial charge in [0, 0.05) is 24.2 Å². The summed E-state index contributed by atoms with van der Waals surface area (Å²) in [6, 6.07) is 24.4. The van der Waals surface area contributed by atoms with E-state index in [1.807, 2.05) is 30.3 Å². The van der Waals surface area contributed by atoms with E-state index in [0.717, 1.165) is 5.69 Å². The van der Waals surface area contributed by atoms with Gasteiger partial charge in [-0.15, -0.1) is 0 Å². The fraction of sp³-hybridized carbons (Fsp3) is 0.227. The summed E-state index contributed by atoms with van der Waals surface area (Å²) in [5.41, 5.74) is 1.85. The normalized spacial score (nSPS) is 11.4. The Hall–Kier alpha value is -2.65. The molecule has 0 aromatic heterocycles. The third-order valence-corrected chi connectivity index (χ3v) is 4.45. The van der Waals surface area contributed by atoms with Gasteiger partial charge in [-0.25, -0.2) is 0 Å². The summed E-state index contributed by atoms with van der Waals surface area (Å²) in [6.07, 6.45) is 0.436. The summed E-state index contributed by atoms with van der Waals surface area (Å²) < 4.78 is 0. The van der Waals surface area contributed by atoms with Gasteiger partial charge in [0.1, 0.15) is 0 Å². The third kappa shape index (κ3) is 4.46. The van der Waals surface area contributed by atoms with Crippen LogP contribution in [0.1, 0.15) is 25.8 Å². The Labute approximate surface area is 149 Å². The molecule has 3 nitrogen and oxygen atoms in total. The molecule has 25 heavy (non-hydrogen) atoms. The molecule has 0 radical (unpaired) electrons. The van der Waals surface area contributed by atoms with Crippen LogP contribution < -0.4 is 10.6 Å². The van der Waals surface area contributed by atoms with E-state index in [1.165, 1.54) is 16.3 Å². The van der Waals surface area contributed by atoms with Gasteiger partial charge in [-0.05, 0) is 48.4 Å². The van der Waals surface area contributed by atoms with Crippen molar-refractivity contribution in [3.05, 3.63) is 78.4 Å². The number of carbonyl (C=O) groups excluding carboxylic acids is 1. The molecule has 128 valence electrons. The van der Waals surface area contributed by atoms with Crippen molar-refractivity contribution in [2.24, 2.45) is 0 Å². The molecule has 0 spiro atoms. The molecule has 3 aromatic carbocycles. The van der Waals surface area contributed by atoms with E-state index in [-0.39, 0.29) is 11.4 Å². The van der Waals surface area contributed by atoms with Gasteiger partial charge in [-0.3, -0.25) is 4.79 Å². The lowest BCUT2D eigenvalue weighted by molar-refractivity contribution is -0.116. The number of fused-ring (bicyclic) bond motifs is 1. The van der Waals surface area contributed by atoms with Gasteiger partial charge in [0.05, 0.1) is 0 Å². The molecule has 0 atom stereocenters. The van der Waals surface area contributed by atoms with Gasteiger partial charge in [0.15, 0.2) is 0 Å². The molecule has 0 unspecified atom stereocenters. The second-order valence-electron chi connectivity index (χ2n) is 6.78. The maximum atomic E-state index is 12.1. The molecule has 0 heterocycles. The van der Waals surface area contributed by atoms with Gasteiger partial charge < -0.3 is 10.6 Å². The number of rotatable bonds is 6. The van der Waals surface area contributed by atoms with Crippen molar-refractivity contribution in [1.29, 1.82) is 0 Å². The van der Waals surface area contributed by atoms with E-state index in [2.05, 4.69) is 66.9 Å². The second kappa shape index (κ2) is 7.49. The maximum absolute atomic E-state index is 12.1. The number of anilines is 1. The summed E-state index contributed by atoms with van der Waals surface area (Å²) in [6.45, 7) is 4.91. The lowest BCUT2D eigenvalue weighted by atomic mass is 9.92.